The van der Waals surface area contributed by atoms with Crippen molar-refractivity contribution in [3.63, 3.8) is 0 Å². The number of halogens is 2. The average molecular weight is 322 g/mol. The Kier molecular flexibility index (Phi) is 3.89. The van der Waals surface area contributed by atoms with Gasteiger partial charge in [-0.25, -0.2) is 0 Å². The zero-order valence-corrected chi connectivity index (χ0v) is 12.5. The van der Waals surface area contributed by atoms with E-state index in [-0.39, 0.29) is 10.9 Å². The zero-order chi connectivity index (χ0) is 15.0. The Hall–Kier alpha value is -1.55. The molecule has 0 aliphatic heterocycles. The molecule has 2 aromatic carbocycles. The second-order valence-electron chi connectivity index (χ2n) is 5.02. The molecule has 21 heavy (non-hydrogen) atoms. The van der Waals surface area contributed by atoms with E-state index in [1.165, 1.54) is 0 Å². The molecular formula is C16H13Cl2NO2. The Morgan fingerprint density at radius 3 is 2.71 bits per heavy atom. The molecule has 0 radical (unpaired) electrons. The van der Waals surface area contributed by atoms with E-state index < -0.39 is 12.1 Å². The lowest BCUT2D eigenvalue weighted by Gasteiger charge is -2.18. The number of aliphatic hydroxyl groups excluding tert-OH is 1. The van der Waals surface area contributed by atoms with Crippen molar-refractivity contribution in [1.29, 1.82) is 0 Å². The number of rotatable bonds is 2. The summed E-state index contributed by atoms with van der Waals surface area (Å²) in [5.41, 5.74) is 2.30. The molecule has 0 saturated carbocycles. The van der Waals surface area contributed by atoms with Crippen LogP contribution in [0.25, 0.3) is 0 Å². The fourth-order valence-corrected chi connectivity index (χ4v) is 3.03. The van der Waals surface area contributed by atoms with Crippen molar-refractivity contribution in [1.82, 2.24) is 5.32 Å². The van der Waals surface area contributed by atoms with Gasteiger partial charge in [-0.05, 0) is 23.3 Å². The number of nitrogens with one attached hydrogen (secondary N) is 1. The maximum absolute atomic E-state index is 12.4. The molecule has 0 saturated heterocycles. The molecule has 0 bridgehead atoms. The Morgan fingerprint density at radius 2 is 1.90 bits per heavy atom. The SMILES string of the molecule is O=C(NC1c2ccccc2CC1O)c1cccc(Cl)c1Cl. The van der Waals surface area contributed by atoms with Gasteiger partial charge < -0.3 is 10.4 Å². The molecule has 2 aromatic rings. The third kappa shape index (κ3) is 2.64. The average Bonchev–Trinajstić information content (AvgIpc) is 2.78. The van der Waals surface area contributed by atoms with Crippen LogP contribution in [0.3, 0.4) is 0 Å². The summed E-state index contributed by atoms with van der Waals surface area (Å²) in [5, 5.41) is 13.5. The molecule has 2 atom stereocenters. The van der Waals surface area contributed by atoms with Crippen molar-refractivity contribution >= 4 is 29.1 Å². The summed E-state index contributed by atoms with van der Waals surface area (Å²) in [6.45, 7) is 0. The topological polar surface area (TPSA) is 49.3 Å². The van der Waals surface area contributed by atoms with E-state index in [4.69, 9.17) is 23.2 Å². The van der Waals surface area contributed by atoms with Crippen LogP contribution in [-0.2, 0) is 6.42 Å². The zero-order valence-electron chi connectivity index (χ0n) is 11.0. The third-order valence-corrected chi connectivity index (χ3v) is 4.51. The third-order valence-electron chi connectivity index (χ3n) is 3.69. The summed E-state index contributed by atoms with van der Waals surface area (Å²) >= 11 is 12.0. The van der Waals surface area contributed by atoms with Gasteiger partial charge >= 0.3 is 0 Å². The van der Waals surface area contributed by atoms with E-state index in [1.807, 2.05) is 24.3 Å². The van der Waals surface area contributed by atoms with Gasteiger partial charge in [0, 0.05) is 6.42 Å². The number of hydrogen-bond acceptors (Lipinski definition) is 2. The van der Waals surface area contributed by atoms with Gasteiger partial charge in [-0.2, -0.15) is 0 Å². The molecule has 0 heterocycles. The first-order chi connectivity index (χ1) is 10.1. The number of amides is 1. The molecule has 5 heteroatoms. The lowest BCUT2D eigenvalue weighted by Crippen LogP contribution is -2.34. The smallest absolute Gasteiger partial charge is 0.253 e. The highest BCUT2D eigenvalue weighted by Crippen LogP contribution is 2.32. The number of carbonyl (C=O) groups excluding carboxylic acids is 1. The van der Waals surface area contributed by atoms with Crippen molar-refractivity contribution in [2.45, 2.75) is 18.6 Å². The van der Waals surface area contributed by atoms with Gasteiger partial charge in [-0.3, -0.25) is 4.79 Å². The van der Waals surface area contributed by atoms with E-state index >= 15 is 0 Å². The summed E-state index contributed by atoms with van der Waals surface area (Å²) in [4.78, 5) is 12.4. The highest BCUT2D eigenvalue weighted by atomic mass is 35.5. The minimum atomic E-state index is -0.635. The highest BCUT2D eigenvalue weighted by Gasteiger charge is 2.32. The monoisotopic (exact) mass is 321 g/mol. The van der Waals surface area contributed by atoms with Crippen LogP contribution in [-0.4, -0.2) is 17.1 Å². The minimum absolute atomic E-state index is 0.220. The van der Waals surface area contributed by atoms with E-state index in [0.717, 1.165) is 11.1 Å². The second kappa shape index (κ2) is 5.68. The number of hydrogen-bond donors (Lipinski definition) is 2. The van der Waals surface area contributed by atoms with E-state index in [9.17, 15) is 9.90 Å². The first kappa shape index (κ1) is 14.4. The number of carbonyl (C=O) groups is 1. The van der Waals surface area contributed by atoms with Gasteiger partial charge in [-0.15, -0.1) is 0 Å². The molecule has 0 aromatic heterocycles. The van der Waals surface area contributed by atoms with Crippen LogP contribution in [0.4, 0.5) is 0 Å². The lowest BCUT2D eigenvalue weighted by atomic mass is 10.1. The van der Waals surface area contributed by atoms with Gasteiger partial charge in [0.1, 0.15) is 0 Å². The molecular weight excluding hydrogens is 309 g/mol. The van der Waals surface area contributed by atoms with Crippen LogP contribution in [0.1, 0.15) is 27.5 Å². The van der Waals surface area contributed by atoms with Crippen LogP contribution in [0, 0.1) is 0 Å². The predicted molar refractivity (Wildman–Crippen MR) is 82.8 cm³/mol. The van der Waals surface area contributed by atoms with E-state index in [2.05, 4.69) is 5.32 Å². The lowest BCUT2D eigenvalue weighted by molar-refractivity contribution is 0.0858. The van der Waals surface area contributed by atoms with Crippen LogP contribution in [0.15, 0.2) is 42.5 Å². The molecule has 1 aliphatic rings. The van der Waals surface area contributed by atoms with Gasteiger partial charge in [0.25, 0.3) is 5.91 Å². The van der Waals surface area contributed by atoms with E-state index in [1.54, 1.807) is 18.2 Å². The molecule has 2 unspecified atom stereocenters. The van der Waals surface area contributed by atoms with Crippen molar-refractivity contribution in [3.8, 4) is 0 Å². The van der Waals surface area contributed by atoms with E-state index in [0.29, 0.717) is 17.0 Å². The van der Waals surface area contributed by atoms with Crippen molar-refractivity contribution < 1.29 is 9.90 Å². The summed E-state index contributed by atoms with van der Waals surface area (Å²) in [5.74, 6) is -0.344. The maximum Gasteiger partial charge on any atom is 0.253 e. The van der Waals surface area contributed by atoms with Gasteiger partial charge in [0.15, 0.2) is 0 Å². The molecule has 3 rings (SSSR count). The maximum atomic E-state index is 12.4. The van der Waals surface area contributed by atoms with Gasteiger partial charge in [0.05, 0.1) is 27.8 Å². The summed E-state index contributed by atoms with van der Waals surface area (Å²) in [6.07, 6.45) is -0.103. The van der Waals surface area contributed by atoms with Crippen LogP contribution < -0.4 is 5.32 Å². The molecule has 0 spiro atoms. The van der Waals surface area contributed by atoms with Gasteiger partial charge in [-0.1, -0.05) is 53.5 Å². The summed E-state index contributed by atoms with van der Waals surface area (Å²) in [7, 11) is 0. The fraction of sp³-hybridized carbons (Fsp3) is 0.188. The predicted octanol–water partition coefficient (Wildman–Crippen LogP) is 3.38. The minimum Gasteiger partial charge on any atom is -0.390 e. The van der Waals surface area contributed by atoms with Crippen molar-refractivity contribution in [2.75, 3.05) is 0 Å². The van der Waals surface area contributed by atoms with Crippen LogP contribution in [0.5, 0.6) is 0 Å². The number of fused-ring (bicyclic) bond motifs is 1. The Bertz CT molecular complexity index is 702. The molecule has 0 fully saturated rings. The standard InChI is InChI=1S/C16H13Cl2NO2/c17-12-7-3-6-11(14(12)18)16(21)19-15-10-5-2-1-4-9(10)8-13(15)20/h1-7,13,15,20H,8H2,(H,19,21). The summed E-state index contributed by atoms with van der Waals surface area (Å²) in [6, 6.07) is 12.2. The Labute approximate surface area is 132 Å². The number of benzene rings is 2. The van der Waals surface area contributed by atoms with Crippen molar-refractivity contribution in [2.24, 2.45) is 0 Å². The van der Waals surface area contributed by atoms with Crippen LogP contribution in [0.2, 0.25) is 10.0 Å². The molecule has 2 N–H and O–H groups in total. The van der Waals surface area contributed by atoms with Gasteiger partial charge in [0.2, 0.25) is 0 Å². The number of aliphatic hydroxyl groups is 1. The van der Waals surface area contributed by atoms with Crippen LogP contribution >= 0.6 is 23.2 Å². The second-order valence-corrected chi connectivity index (χ2v) is 5.81. The highest BCUT2D eigenvalue weighted by molar-refractivity contribution is 6.43. The molecule has 1 aliphatic carbocycles. The fourth-order valence-electron chi connectivity index (χ4n) is 2.65. The first-order valence-electron chi connectivity index (χ1n) is 6.58. The molecule has 108 valence electrons. The Morgan fingerprint density at radius 1 is 1.14 bits per heavy atom. The quantitative estimate of drug-likeness (QED) is 0.890. The largest absolute Gasteiger partial charge is 0.390 e. The molecule has 1 amide bonds. The first-order valence-corrected chi connectivity index (χ1v) is 7.34. The van der Waals surface area contributed by atoms with Crippen molar-refractivity contribution in [3.05, 3.63) is 69.2 Å². The molecule has 3 nitrogen and oxygen atoms in total. The summed E-state index contributed by atoms with van der Waals surface area (Å²) < 4.78 is 0. The normalized spacial score (nSPS) is 20.1. The Balaban J connectivity index is 1.87.